The van der Waals surface area contributed by atoms with Gasteiger partial charge in [0.2, 0.25) is 5.91 Å². The molecule has 1 aromatic heterocycles. The Morgan fingerprint density at radius 1 is 1.27 bits per heavy atom. The minimum Gasteiger partial charge on any atom is -0.370 e. The molecule has 3 rings (SSSR count). The van der Waals surface area contributed by atoms with Crippen LogP contribution in [0.2, 0.25) is 0 Å². The lowest BCUT2D eigenvalue weighted by atomic mass is 9.92. The normalized spacial score (nSPS) is 22.5. The highest BCUT2D eigenvalue weighted by atomic mass is 16.1. The van der Waals surface area contributed by atoms with Crippen LogP contribution in [-0.4, -0.2) is 30.5 Å². The van der Waals surface area contributed by atoms with Crippen molar-refractivity contribution in [3.63, 3.8) is 0 Å². The lowest BCUT2D eigenvalue weighted by Gasteiger charge is -2.33. The van der Waals surface area contributed by atoms with E-state index in [4.69, 9.17) is 0 Å². The third-order valence-corrected chi connectivity index (χ3v) is 4.83. The van der Waals surface area contributed by atoms with Crippen molar-refractivity contribution >= 4 is 11.6 Å². The number of piperidine rings is 1. The van der Waals surface area contributed by atoms with E-state index in [-0.39, 0.29) is 11.8 Å². The summed E-state index contributed by atoms with van der Waals surface area (Å²) in [5.74, 6) is 1.05. The van der Waals surface area contributed by atoms with E-state index in [1.165, 1.54) is 5.69 Å². The minimum atomic E-state index is 0.195. The van der Waals surface area contributed by atoms with Gasteiger partial charge in [0.1, 0.15) is 0 Å². The standard InChI is InChI=1S/C18H25N3O/c22-18(16-5-2-1-3-6-16)20-13-15-8-11-21(12-9-15)17-7-4-10-19-14-17/h1-2,4,7,10,14-16H,3,5-6,8-9,11-13H2,(H,20,22)/t16-/m1/s1. The summed E-state index contributed by atoms with van der Waals surface area (Å²) in [5, 5.41) is 3.17. The molecule has 0 unspecified atom stereocenters. The Hall–Kier alpha value is -1.84. The Morgan fingerprint density at radius 3 is 2.82 bits per heavy atom. The Labute approximate surface area is 132 Å². The molecule has 0 saturated carbocycles. The number of hydrogen-bond acceptors (Lipinski definition) is 3. The number of carbonyl (C=O) groups is 1. The van der Waals surface area contributed by atoms with Gasteiger partial charge in [-0.25, -0.2) is 0 Å². The Balaban J connectivity index is 1.40. The molecule has 1 aliphatic heterocycles. The number of aromatic nitrogens is 1. The van der Waals surface area contributed by atoms with Gasteiger partial charge in [0.25, 0.3) is 0 Å². The maximum Gasteiger partial charge on any atom is 0.223 e. The van der Waals surface area contributed by atoms with Crippen LogP contribution in [0.5, 0.6) is 0 Å². The number of nitrogens with one attached hydrogen (secondary N) is 1. The van der Waals surface area contributed by atoms with Crippen LogP contribution in [0.1, 0.15) is 32.1 Å². The fourth-order valence-electron chi connectivity index (χ4n) is 3.36. The average Bonchev–Trinajstić information content (AvgIpc) is 2.61. The van der Waals surface area contributed by atoms with Gasteiger partial charge in [-0.3, -0.25) is 9.78 Å². The van der Waals surface area contributed by atoms with E-state index in [1.54, 1.807) is 0 Å². The third kappa shape index (κ3) is 3.87. The summed E-state index contributed by atoms with van der Waals surface area (Å²) in [6.45, 7) is 2.94. The van der Waals surface area contributed by atoms with E-state index in [9.17, 15) is 4.79 Å². The second-order valence-electron chi connectivity index (χ2n) is 6.37. The third-order valence-electron chi connectivity index (χ3n) is 4.83. The largest absolute Gasteiger partial charge is 0.370 e. The average molecular weight is 299 g/mol. The van der Waals surface area contributed by atoms with E-state index >= 15 is 0 Å². The van der Waals surface area contributed by atoms with E-state index in [0.29, 0.717) is 5.92 Å². The molecule has 1 amide bonds. The number of amides is 1. The lowest BCUT2D eigenvalue weighted by molar-refractivity contribution is -0.125. The van der Waals surface area contributed by atoms with Gasteiger partial charge in [-0.2, -0.15) is 0 Å². The first kappa shape index (κ1) is 15.1. The zero-order valence-electron chi connectivity index (χ0n) is 13.1. The predicted octanol–water partition coefficient (Wildman–Crippen LogP) is 2.77. The number of nitrogens with zero attached hydrogens (tertiary/aromatic N) is 2. The molecule has 118 valence electrons. The van der Waals surface area contributed by atoms with Crippen LogP contribution in [0.15, 0.2) is 36.7 Å². The van der Waals surface area contributed by atoms with Crippen LogP contribution in [0.4, 0.5) is 5.69 Å². The molecule has 1 aromatic rings. The molecule has 0 aromatic carbocycles. The molecule has 1 saturated heterocycles. The van der Waals surface area contributed by atoms with Gasteiger partial charge < -0.3 is 10.2 Å². The summed E-state index contributed by atoms with van der Waals surface area (Å²) in [6.07, 6.45) is 13.3. The molecular weight excluding hydrogens is 274 g/mol. The summed E-state index contributed by atoms with van der Waals surface area (Å²) >= 11 is 0. The molecule has 4 nitrogen and oxygen atoms in total. The Bertz CT molecular complexity index is 506. The van der Waals surface area contributed by atoms with Crippen LogP contribution in [0.3, 0.4) is 0 Å². The zero-order chi connectivity index (χ0) is 15.2. The van der Waals surface area contributed by atoms with Gasteiger partial charge in [0.05, 0.1) is 11.9 Å². The van der Waals surface area contributed by atoms with Gasteiger partial charge in [0.15, 0.2) is 0 Å². The number of rotatable bonds is 4. The minimum absolute atomic E-state index is 0.195. The molecule has 1 fully saturated rings. The van der Waals surface area contributed by atoms with Crippen molar-refractivity contribution in [2.24, 2.45) is 11.8 Å². The van der Waals surface area contributed by atoms with E-state index in [1.807, 2.05) is 18.5 Å². The zero-order valence-corrected chi connectivity index (χ0v) is 13.1. The van der Waals surface area contributed by atoms with Crippen LogP contribution < -0.4 is 10.2 Å². The first-order valence-corrected chi connectivity index (χ1v) is 8.40. The summed E-state index contributed by atoms with van der Waals surface area (Å²) in [4.78, 5) is 18.7. The molecule has 4 heteroatoms. The molecule has 2 aliphatic rings. The van der Waals surface area contributed by atoms with Crippen LogP contribution in [0.25, 0.3) is 0 Å². The fraction of sp³-hybridized carbons (Fsp3) is 0.556. The van der Waals surface area contributed by atoms with Crippen molar-refractivity contribution < 1.29 is 4.79 Å². The number of pyridine rings is 1. The lowest BCUT2D eigenvalue weighted by Crippen LogP contribution is -2.40. The number of hydrogen-bond donors (Lipinski definition) is 1. The summed E-state index contributed by atoms with van der Waals surface area (Å²) in [6, 6.07) is 4.10. The molecule has 0 bridgehead atoms. The van der Waals surface area contributed by atoms with Gasteiger partial charge >= 0.3 is 0 Å². The Kier molecular flexibility index (Phi) is 5.09. The summed E-state index contributed by atoms with van der Waals surface area (Å²) in [7, 11) is 0. The van der Waals surface area contributed by atoms with Crippen LogP contribution in [-0.2, 0) is 4.79 Å². The highest BCUT2D eigenvalue weighted by molar-refractivity contribution is 5.78. The highest BCUT2D eigenvalue weighted by Gasteiger charge is 2.22. The van der Waals surface area contributed by atoms with Crippen molar-refractivity contribution in [1.29, 1.82) is 0 Å². The van der Waals surface area contributed by atoms with E-state index < -0.39 is 0 Å². The predicted molar refractivity (Wildman–Crippen MR) is 88.7 cm³/mol. The molecule has 22 heavy (non-hydrogen) atoms. The molecule has 2 heterocycles. The van der Waals surface area contributed by atoms with Crippen molar-refractivity contribution in [3.05, 3.63) is 36.7 Å². The second kappa shape index (κ2) is 7.43. The van der Waals surface area contributed by atoms with Gasteiger partial charge in [-0.05, 0) is 50.2 Å². The first-order valence-electron chi connectivity index (χ1n) is 8.40. The van der Waals surface area contributed by atoms with E-state index in [2.05, 4.69) is 33.4 Å². The maximum atomic E-state index is 12.2. The van der Waals surface area contributed by atoms with Gasteiger partial charge in [0, 0.05) is 31.7 Å². The molecule has 1 aliphatic carbocycles. The molecule has 1 N–H and O–H groups in total. The Morgan fingerprint density at radius 2 is 2.14 bits per heavy atom. The molecule has 0 radical (unpaired) electrons. The molecular formula is C18H25N3O. The summed E-state index contributed by atoms with van der Waals surface area (Å²) < 4.78 is 0. The van der Waals surface area contributed by atoms with Crippen LogP contribution >= 0.6 is 0 Å². The number of carbonyl (C=O) groups excluding carboxylic acids is 1. The highest BCUT2D eigenvalue weighted by Crippen LogP contribution is 2.23. The topological polar surface area (TPSA) is 45.2 Å². The van der Waals surface area contributed by atoms with Gasteiger partial charge in [-0.15, -0.1) is 0 Å². The quantitative estimate of drug-likeness (QED) is 0.870. The van der Waals surface area contributed by atoms with Gasteiger partial charge in [-0.1, -0.05) is 12.2 Å². The first-order chi connectivity index (χ1) is 10.8. The maximum absolute atomic E-state index is 12.2. The number of allylic oxidation sites excluding steroid dienone is 2. The summed E-state index contributed by atoms with van der Waals surface area (Å²) in [5.41, 5.74) is 1.21. The van der Waals surface area contributed by atoms with Crippen molar-refractivity contribution in [1.82, 2.24) is 10.3 Å². The van der Waals surface area contributed by atoms with Crippen LogP contribution in [0, 0.1) is 11.8 Å². The fourth-order valence-corrected chi connectivity index (χ4v) is 3.36. The van der Waals surface area contributed by atoms with E-state index in [0.717, 1.165) is 51.7 Å². The SMILES string of the molecule is O=C(NCC1CCN(c2cccnc2)CC1)[C@@H]1CC=CCC1. The smallest absolute Gasteiger partial charge is 0.223 e. The monoisotopic (exact) mass is 299 g/mol. The second-order valence-corrected chi connectivity index (χ2v) is 6.37. The molecule has 1 atom stereocenters. The number of anilines is 1. The van der Waals surface area contributed by atoms with Crippen molar-refractivity contribution in [2.45, 2.75) is 32.1 Å². The van der Waals surface area contributed by atoms with Crippen molar-refractivity contribution in [3.8, 4) is 0 Å². The molecule has 0 spiro atoms. The van der Waals surface area contributed by atoms with Crippen molar-refractivity contribution in [2.75, 3.05) is 24.5 Å².